The monoisotopic (exact) mass is 287 g/mol. The molecule has 3 rings (SSSR count). The Balaban J connectivity index is 2.07. The molecule has 0 saturated heterocycles. The van der Waals surface area contributed by atoms with E-state index in [4.69, 9.17) is 5.73 Å². The molecule has 2 aromatic carbocycles. The van der Waals surface area contributed by atoms with Gasteiger partial charge >= 0.3 is 0 Å². The van der Waals surface area contributed by atoms with Gasteiger partial charge in [0, 0.05) is 5.69 Å². The van der Waals surface area contributed by atoms with Gasteiger partial charge in [0.1, 0.15) is 11.6 Å². The van der Waals surface area contributed by atoms with Crippen LogP contribution in [0.25, 0.3) is 0 Å². The average molecular weight is 287 g/mol. The van der Waals surface area contributed by atoms with Crippen LogP contribution < -0.4 is 10.6 Å². The minimum Gasteiger partial charge on any atom is -0.369 e. The largest absolute Gasteiger partial charge is 0.369 e. The lowest BCUT2D eigenvalue weighted by molar-refractivity contribution is 0.528. The number of aliphatic imine (C=N–C) groups is 1. The highest BCUT2D eigenvalue weighted by Gasteiger charge is 2.40. The van der Waals surface area contributed by atoms with Crippen LogP contribution in [0.15, 0.2) is 53.5 Å². The van der Waals surface area contributed by atoms with Crippen molar-refractivity contribution in [1.82, 2.24) is 0 Å². The summed E-state index contributed by atoms with van der Waals surface area (Å²) >= 11 is 0. The van der Waals surface area contributed by atoms with E-state index in [1.807, 2.05) is 6.92 Å². The highest BCUT2D eigenvalue weighted by Crippen LogP contribution is 2.36. The first kappa shape index (κ1) is 13.5. The van der Waals surface area contributed by atoms with E-state index in [9.17, 15) is 8.78 Å². The Labute approximate surface area is 121 Å². The number of benzene rings is 2. The van der Waals surface area contributed by atoms with Crippen LogP contribution in [0.2, 0.25) is 0 Å². The Morgan fingerprint density at radius 1 is 1.10 bits per heavy atom. The van der Waals surface area contributed by atoms with Gasteiger partial charge in [0.15, 0.2) is 5.96 Å². The predicted molar refractivity (Wildman–Crippen MR) is 79.1 cm³/mol. The Kier molecular flexibility index (Phi) is 3.12. The number of nitrogens with zero attached hydrogens (tertiary/aromatic N) is 2. The smallest absolute Gasteiger partial charge is 0.196 e. The fourth-order valence-electron chi connectivity index (χ4n) is 2.69. The lowest BCUT2D eigenvalue weighted by Gasteiger charge is -2.36. The molecule has 0 aromatic heterocycles. The summed E-state index contributed by atoms with van der Waals surface area (Å²) in [4.78, 5) is 6.06. The highest BCUT2D eigenvalue weighted by atomic mass is 19.1. The summed E-state index contributed by atoms with van der Waals surface area (Å²) in [6.45, 7) is 2.38. The summed E-state index contributed by atoms with van der Waals surface area (Å²) in [5.74, 6) is -0.312. The van der Waals surface area contributed by atoms with Gasteiger partial charge in [0.05, 0.1) is 12.1 Å². The van der Waals surface area contributed by atoms with Gasteiger partial charge in [-0.05, 0) is 42.8 Å². The first-order chi connectivity index (χ1) is 10.0. The van der Waals surface area contributed by atoms with E-state index >= 15 is 0 Å². The zero-order valence-corrected chi connectivity index (χ0v) is 11.6. The molecule has 0 saturated carbocycles. The summed E-state index contributed by atoms with van der Waals surface area (Å²) in [5, 5.41) is 0. The van der Waals surface area contributed by atoms with Gasteiger partial charge in [-0.3, -0.25) is 4.99 Å². The molecule has 1 aliphatic heterocycles. The zero-order valence-electron chi connectivity index (χ0n) is 11.6. The van der Waals surface area contributed by atoms with Crippen LogP contribution in [0.5, 0.6) is 0 Å². The maximum absolute atomic E-state index is 13.5. The molecule has 0 aliphatic carbocycles. The molecule has 1 aliphatic rings. The summed E-state index contributed by atoms with van der Waals surface area (Å²) in [7, 11) is 0. The minimum atomic E-state index is -0.564. The topological polar surface area (TPSA) is 41.6 Å². The van der Waals surface area contributed by atoms with E-state index in [2.05, 4.69) is 4.99 Å². The number of anilines is 1. The van der Waals surface area contributed by atoms with Gasteiger partial charge in [-0.25, -0.2) is 8.78 Å². The number of hydrogen-bond acceptors (Lipinski definition) is 3. The van der Waals surface area contributed by atoms with Crippen molar-refractivity contribution in [2.75, 3.05) is 11.4 Å². The number of nitrogens with two attached hydrogens (primary N) is 1. The van der Waals surface area contributed by atoms with E-state index < -0.39 is 5.54 Å². The molecule has 5 heteroatoms. The molecular formula is C16H15F2N3. The minimum absolute atomic E-state index is 0.299. The standard InChI is InChI=1S/C16H15F2N3/c1-16(11-5-7-12(17)8-6-11)10-20-15(19)21(16)14-4-2-3-13(18)9-14/h2-9H,10H2,1H3,(H2,19,20). The average Bonchev–Trinajstić information content (AvgIpc) is 2.76. The van der Waals surface area contributed by atoms with E-state index in [0.717, 1.165) is 5.56 Å². The van der Waals surface area contributed by atoms with Crippen molar-refractivity contribution >= 4 is 11.6 Å². The quantitative estimate of drug-likeness (QED) is 0.922. The Morgan fingerprint density at radius 3 is 2.48 bits per heavy atom. The van der Waals surface area contributed by atoms with Crippen molar-refractivity contribution in [3.63, 3.8) is 0 Å². The summed E-state index contributed by atoms with van der Waals surface area (Å²) in [5.41, 5.74) is 6.92. The van der Waals surface area contributed by atoms with Crippen molar-refractivity contribution in [3.8, 4) is 0 Å². The van der Waals surface area contributed by atoms with E-state index in [0.29, 0.717) is 18.2 Å². The van der Waals surface area contributed by atoms with Crippen molar-refractivity contribution < 1.29 is 8.78 Å². The third-order valence-electron chi connectivity index (χ3n) is 3.80. The molecule has 3 nitrogen and oxygen atoms in total. The fourth-order valence-corrected chi connectivity index (χ4v) is 2.69. The fraction of sp³-hybridized carbons (Fsp3) is 0.188. The van der Waals surface area contributed by atoms with Crippen molar-refractivity contribution in [2.45, 2.75) is 12.5 Å². The van der Waals surface area contributed by atoms with Crippen molar-refractivity contribution in [2.24, 2.45) is 10.7 Å². The Hall–Kier alpha value is -2.43. The van der Waals surface area contributed by atoms with E-state index in [1.165, 1.54) is 24.3 Å². The Morgan fingerprint density at radius 2 is 1.81 bits per heavy atom. The SMILES string of the molecule is CC1(c2ccc(F)cc2)CN=C(N)N1c1cccc(F)c1. The maximum Gasteiger partial charge on any atom is 0.196 e. The lowest BCUT2D eigenvalue weighted by Crippen LogP contribution is -2.47. The molecule has 1 atom stereocenters. The zero-order chi connectivity index (χ0) is 15.0. The van der Waals surface area contributed by atoms with E-state index in [-0.39, 0.29) is 11.6 Å². The second-order valence-electron chi connectivity index (χ2n) is 5.27. The van der Waals surface area contributed by atoms with Crippen LogP contribution in [0, 0.1) is 11.6 Å². The summed E-state index contributed by atoms with van der Waals surface area (Å²) in [6, 6.07) is 12.4. The van der Waals surface area contributed by atoms with Crippen LogP contribution in [0.4, 0.5) is 14.5 Å². The molecule has 0 radical (unpaired) electrons. The van der Waals surface area contributed by atoms with Gasteiger partial charge in [-0.15, -0.1) is 0 Å². The molecular weight excluding hydrogens is 272 g/mol. The van der Waals surface area contributed by atoms with Gasteiger partial charge in [0.25, 0.3) is 0 Å². The maximum atomic E-state index is 13.5. The number of halogens is 2. The van der Waals surface area contributed by atoms with Crippen molar-refractivity contribution in [1.29, 1.82) is 0 Å². The van der Waals surface area contributed by atoms with E-state index in [1.54, 1.807) is 29.2 Å². The van der Waals surface area contributed by atoms with Crippen LogP contribution >= 0.6 is 0 Å². The molecule has 0 fully saturated rings. The molecule has 108 valence electrons. The van der Waals surface area contributed by atoms with Crippen LogP contribution in [0.1, 0.15) is 12.5 Å². The van der Waals surface area contributed by atoms with Gasteiger partial charge < -0.3 is 10.6 Å². The van der Waals surface area contributed by atoms with Crippen molar-refractivity contribution in [3.05, 3.63) is 65.7 Å². The van der Waals surface area contributed by atoms with Crippen LogP contribution in [-0.4, -0.2) is 12.5 Å². The molecule has 1 unspecified atom stereocenters. The summed E-state index contributed by atoms with van der Waals surface area (Å²) < 4.78 is 26.6. The molecule has 21 heavy (non-hydrogen) atoms. The number of hydrogen-bond donors (Lipinski definition) is 1. The Bertz CT molecular complexity index is 697. The molecule has 1 heterocycles. The molecule has 0 amide bonds. The highest BCUT2D eigenvalue weighted by molar-refractivity contribution is 5.98. The first-order valence-corrected chi connectivity index (χ1v) is 6.62. The molecule has 2 aromatic rings. The summed E-state index contributed by atoms with van der Waals surface area (Å²) in [6.07, 6.45) is 0. The number of rotatable bonds is 2. The second kappa shape index (κ2) is 4.84. The molecule has 0 spiro atoms. The van der Waals surface area contributed by atoms with Crippen LogP contribution in [0.3, 0.4) is 0 Å². The van der Waals surface area contributed by atoms with Gasteiger partial charge in [-0.1, -0.05) is 18.2 Å². The molecule has 2 N–H and O–H groups in total. The van der Waals surface area contributed by atoms with Crippen LogP contribution in [-0.2, 0) is 5.54 Å². The predicted octanol–water partition coefficient (Wildman–Crippen LogP) is 3.01. The second-order valence-corrected chi connectivity index (χ2v) is 5.27. The normalized spacial score (nSPS) is 21.5. The lowest BCUT2D eigenvalue weighted by atomic mass is 9.90. The molecule has 0 bridgehead atoms. The van der Waals surface area contributed by atoms with Gasteiger partial charge in [-0.2, -0.15) is 0 Å². The third-order valence-corrected chi connectivity index (χ3v) is 3.80. The first-order valence-electron chi connectivity index (χ1n) is 6.62. The number of guanidine groups is 1. The van der Waals surface area contributed by atoms with Gasteiger partial charge in [0.2, 0.25) is 0 Å². The third kappa shape index (κ3) is 2.24.